The Kier molecular flexibility index (Phi) is 2.07. The molecule has 2 nitrogen and oxygen atoms in total. The van der Waals surface area contributed by atoms with Gasteiger partial charge in [0.2, 0.25) is 0 Å². The lowest BCUT2D eigenvalue weighted by molar-refractivity contribution is 0.615. The second-order valence-corrected chi connectivity index (χ2v) is 3.23. The maximum absolute atomic E-state index is 5.92. The maximum Gasteiger partial charge on any atom is 0.133 e. The van der Waals surface area contributed by atoms with Crippen LogP contribution in [0.5, 0.6) is 0 Å². The van der Waals surface area contributed by atoms with E-state index in [0.717, 1.165) is 17.4 Å². The van der Waals surface area contributed by atoms with Crippen molar-refractivity contribution in [1.82, 2.24) is 0 Å². The molecule has 1 atom stereocenters. The van der Waals surface area contributed by atoms with Gasteiger partial charge in [0.1, 0.15) is 5.58 Å². The minimum absolute atomic E-state index is 0.138. The van der Waals surface area contributed by atoms with Crippen molar-refractivity contribution in [2.75, 3.05) is 0 Å². The molecule has 0 fully saturated rings. The van der Waals surface area contributed by atoms with Crippen LogP contribution in [-0.2, 0) is 0 Å². The first-order valence-corrected chi connectivity index (χ1v) is 4.54. The highest BCUT2D eigenvalue weighted by Gasteiger charge is 2.04. The maximum atomic E-state index is 5.92. The molecule has 13 heavy (non-hydrogen) atoms. The summed E-state index contributed by atoms with van der Waals surface area (Å²) in [5, 5.41) is 1.13. The van der Waals surface area contributed by atoms with Gasteiger partial charge in [-0.15, -0.1) is 0 Å². The van der Waals surface area contributed by atoms with E-state index < -0.39 is 0 Å². The van der Waals surface area contributed by atoms with Crippen molar-refractivity contribution in [3.05, 3.63) is 36.1 Å². The third kappa shape index (κ3) is 1.45. The summed E-state index contributed by atoms with van der Waals surface area (Å²) in [5.41, 5.74) is 8.02. The molecule has 68 valence electrons. The van der Waals surface area contributed by atoms with Gasteiger partial charge in [0.25, 0.3) is 0 Å². The lowest BCUT2D eigenvalue weighted by Crippen LogP contribution is -2.07. The molecule has 1 heterocycles. The lowest BCUT2D eigenvalue weighted by atomic mass is 10.0. The SMILES string of the molecule is CCC(N)c1ccc2occc2c1. The summed E-state index contributed by atoms with van der Waals surface area (Å²) < 4.78 is 5.25. The first-order valence-electron chi connectivity index (χ1n) is 4.54. The summed E-state index contributed by atoms with van der Waals surface area (Å²) in [6, 6.07) is 8.19. The van der Waals surface area contributed by atoms with Crippen molar-refractivity contribution in [1.29, 1.82) is 0 Å². The van der Waals surface area contributed by atoms with Crippen LogP contribution in [-0.4, -0.2) is 0 Å². The Labute approximate surface area is 77.3 Å². The minimum atomic E-state index is 0.138. The van der Waals surface area contributed by atoms with Crippen molar-refractivity contribution in [2.45, 2.75) is 19.4 Å². The summed E-state index contributed by atoms with van der Waals surface area (Å²) >= 11 is 0. The van der Waals surface area contributed by atoms with Gasteiger partial charge in [0.15, 0.2) is 0 Å². The van der Waals surface area contributed by atoms with Gasteiger partial charge in [-0.25, -0.2) is 0 Å². The molecule has 1 aromatic heterocycles. The first-order chi connectivity index (χ1) is 6.31. The van der Waals surface area contributed by atoms with E-state index in [1.807, 2.05) is 18.2 Å². The molecule has 2 aromatic rings. The number of nitrogens with two attached hydrogens (primary N) is 1. The van der Waals surface area contributed by atoms with Gasteiger partial charge in [-0.1, -0.05) is 13.0 Å². The summed E-state index contributed by atoms with van der Waals surface area (Å²) in [4.78, 5) is 0. The third-order valence-corrected chi connectivity index (χ3v) is 2.34. The van der Waals surface area contributed by atoms with Crippen molar-refractivity contribution < 1.29 is 4.42 Å². The van der Waals surface area contributed by atoms with E-state index in [2.05, 4.69) is 13.0 Å². The zero-order chi connectivity index (χ0) is 9.26. The Morgan fingerprint density at radius 1 is 1.38 bits per heavy atom. The van der Waals surface area contributed by atoms with Crippen LogP contribution >= 0.6 is 0 Å². The van der Waals surface area contributed by atoms with Crippen LogP contribution < -0.4 is 5.73 Å². The first kappa shape index (κ1) is 8.32. The van der Waals surface area contributed by atoms with Gasteiger partial charge < -0.3 is 10.2 Å². The van der Waals surface area contributed by atoms with Crippen LogP contribution in [0.15, 0.2) is 34.9 Å². The molecule has 0 radical (unpaired) electrons. The fourth-order valence-electron chi connectivity index (χ4n) is 1.45. The van der Waals surface area contributed by atoms with Crippen molar-refractivity contribution in [3.63, 3.8) is 0 Å². The highest BCUT2D eigenvalue weighted by molar-refractivity contribution is 5.77. The molecule has 0 aliphatic heterocycles. The van der Waals surface area contributed by atoms with Crippen LogP contribution in [0, 0.1) is 0 Å². The number of hydrogen-bond donors (Lipinski definition) is 1. The third-order valence-electron chi connectivity index (χ3n) is 2.34. The zero-order valence-electron chi connectivity index (χ0n) is 7.66. The Hall–Kier alpha value is -1.28. The van der Waals surface area contributed by atoms with Gasteiger partial charge in [-0.3, -0.25) is 0 Å². The highest BCUT2D eigenvalue weighted by Crippen LogP contribution is 2.21. The molecule has 2 N–H and O–H groups in total. The number of fused-ring (bicyclic) bond motifs is 1. The molecule has 0 amide bonds. The van der Waals surface area contributed by atoms with E-state index in [9.17, 15) is 0 Å². The fraction of sp³-hybridized carbons (Fsp3) is 0.273. The summed E-state index contributed by atoms with van der Waals surface area (Å²) in [5.74, 6) is 0. The topological polar surface area (TPSA) is 39.2 Å². The van der Waals surface area contributed by atoms with Gasteiger partial charge in [-0.2, -0.15) is 0 Å². The van der Waals surface area contributed by atoms with E-state index in [0.29, 0.717) is 0 Å². The molecule has 1 unspecified atom stereocenters. The Morgan fingerprint density at radius 2 is 2.23 bits per heavy atom. The van der Waals surface area contributed by atoms with Gasteiger partial charge in [0, 0.05) is 11.4 Å². The lowest BCUT2D eigenvalue weighted by Gasteiger charge is -2.08. The normalized spacial score (nSPS) is 13.4. The summed E-state index contributed by atoms with van der Waals surface area (Å²) in [6.07, 6.45) is 2.66. The summed E-state index contributed by atoms with van der Waals surface area (Å²) in [7, 11) is 0. The molecule has 0 saturated heterocycles. The Bertz CT molecular complexity index is 405. The van der Waals surface area contributed by atoms with Crippen molar-refractivity contribution in [3.8, 4) is 0 Å². The number of hydrogen-bond acceptors (Lipinski definition) is 2. The van der Waals surface area contributed by atoms with Crippen LogP contribution in [0.1, 0.15) is 24.9 Å². The second kappa shape index (κ2) is 3.23. The molecular formula is C11H13NO. The number of furan rings is 1. The Balaban J connectivity index is 2.48. The molecule has 0 aliphatic carbocycles. The number of rotatable bonds is 2. The van der Waals surface area contributed by atoms with Crippen LogP contribution in [0.3, 0.4) is 0 Å². The molecular weight excluding hydrogens is 162 g/mol. The Morgan fingerprint density at radius 3 is 3.00 bits per heavy atom. The van der Waals surface area contributed by atoms with Crippen molar-refractivity contribution in [2.24, 2.45) is 5.73 Å². The van der Waals surface area contributed by atoms with Crippen LogP contribution in [0.2, 0.25) is 0 Å². The predicted octanol–water partition coefficient (Wildman–Crippen LogP) is 2.84. The number of benzene rings is 1. The molecule has 2 heteroatoms. The molecule has 1 aromatic carbocycles. The van der Waals surface area contributed by atoms with E-state index in [4.69, 9.17) is 10.2 Å². The zero-order valence-corrected chi connectivity index (χ0v) is 7.66. The smallest absolute Gasteiger partial charge is 0.133 e. The summed E-state index contributed by atoms with van der Waals surface area (Å²) in [6.45, 7) is 2.09. The van der Waals surface area contributed by atoms with Crippen molar-refractivity contribution >= 4 is 11.0 Å². The van der Waals surface area contributed by atoms with Crippen LogP contribution in [0.4, 0.5) is 0 Å². The molecule has 0 aliphatic rings. The molecule has 0 bridgehead atoms. The average Bonchev–Trinajstić information content (AvgIpc) is 2.63. The molecule has 0 spiro atoms. The quantitative estimate of drug-likeness (QED) is 0.762. The van der Waals surface area contributed by atoms with Gasteiger partial charge in [-0.05, 0) is 30.2 Å². The standard InChI is InChI=1S/C11H13NO/c1-2-10(12)8-3-4-11-9(7-8)5-6-13-11/h3-7,10H,2,12H2,1H3. The minimum Gasteiger partial charge on any atom is -0.464 e. The van der Waals surface area contributed by atoms with E-state index in [-0.39, 0.29) is 6.04 Å². The second-order valence-electron chi connectivity index (χ2n) is 3.23. The average molecular weight is 175 g/mol. The van der Waals surface area contributed by atoms with Crippen LogP contribution in [0.25, 0.3) is 11.0 Å². The largest absolute Gasteiger partial charge is 0.464 e. The molecule has 0 saturated carbocycles. The predicted molar refractivity (Wildman–Crippen MR) is 53.4 cm³/mol. The molecule has 2 rings (SSSR count). The van der Waals surface area contributed by atoms with E-state index >= 15 is 0 Å². The van der Waals surface area contributed by atoms with E-state index in [1.54, 1.807) is 6.26 Å². The monoisotopic (exact) mass is 175 g/mol. The van der Waals surface area contributed by atoms with E-state index in [1.165, 1.54) is 5.56 Å². The fourth-order valence-corrected chi connectivity index (χ4v) is 1.45. The highest BCUT2D eigenvalue weighted by atomic mass is 16.3. The van der Waals surface area contributed by atoms with Gasteiger partial charge in [0.05, 0.1) is 6.26 Å². The van der Waals surface area contributed by atoms with Gasteiger partial charge >= 0.3 is 0 Å².